The summed E-state index contributed by atoms with van der Waals surface area (Å²) in [5.41, 5.74) is 1.07. The Hall–Kier alpha value is -1.45. The van der Waals surface area contributed by atoms with Crippen LogP contribution in [-0.4, -0.2) is 22.4 Å². The Balaban J connectivity index is 1.69. The Kier molecular flexibility index (Phi) is 4.47. The molecule has 1 fully saturated rings. The Bertz CT molecular complexity index is 347. The van der Waals surface area contributed by atoms with Crippen molar-refractivity contribution in [1.82, 2.24) is 15.3 Å². The number of hydrogen-bond acceptors (Lipinski definition) is 3. The van der Waals surface area contributed by atoms with Crippen molar-refractivity contribution < 1.29 is 4.79 Å². The summed E-state index contributed by atoms with van der Waals surface area (Å²) in [6, 6.07) is 0. The molecule has 0 bridgehead atoms. The van der Waals surface area contributed by atoms with Crippen molar-refractivity contribution in [2.45, 2.75) is 38.5 Å². The van der Waals surface area contributed by atoms with Gasteiger partial charge in [0.1, 0.15) is 6.33 Å². The molecule has 0 radical (unpaired) electrons. The minimum atomic E-state index is 0.224. The van der Waals surface area contributed by atoms with Gasteiger partial charge < -0.3 is 5.32 Å². The molecule has 0 aromatic carbocycles. The van der Waals surface area contributed by atoms with E-state index in [1.54, 1.807) is 12.4 Å². The van der Waals surface area contributed by atoms with Crippen LogP contribution >= 0.6 is 0 Å². The standard InChI is InChI=1S/C13H19N3O/c17-13(12-4-2-1-3-5-12)16-7-6-11-8-14-10-15-9-11/h8-10,12H,1-7H2,(H,16,17). The third-order valence-electron chi connectivity index (χ3n) is 3.30. The predicted octanol–water partition coefficient (Wildman–Crippen LogP) is 1.72. The average molecular weight is 233 g/mol. The maximum Gasteiger partial charge on any atom is 0.223 e. The summed E-state index contributed by atoms with van der Waals surface area (Å²) in [5, 5.41) is 3.01. The first-order chi connectivity index (χ1) is 8.36. The van der Waals surface area contributed by atoms with Gasteiger partial charge in [-0.2, -0.15) is 0 Å². The fourth-order valence-corrected chi connectivity index (χ4v) is 2.30. The molecule has 0 unspecified atom stereocenters. The number of aromatic nitrogens is 2. The highest BCUT2D eigenvalue weighted by Gasteiger charge is 2.20. The van der Waals surface area contributed by atoms with Gasteiger partial charge in [-0.15, -0.1) is 0 Å². The van der Waals surface area contributed by atoms with Crippen LogP contribution in [0.5, 0.6) is 0 Å². The summed E-state index contributed by atoms with van der Waals surface area (Å²) in [4.78, 5) is 19.7. The van der Waals surface area contributed by atoms with E-state index in [1.807, 2.05) is 0 Å². The van der Waals surface area contributed by atoms with Crippen molar-refractivity contribution >= 4 is 5.91 Å². The van der Waals surface area contributed by atoms with Crippen molar-refractivity contribution in [3.63, 3.8) is 0 Å². The number of hydrogen-bond donors (Lipinski definition) is 1. The molecule has 0 aliphatic heterocycles. The van der Waals surface area contributed by atoms with Gasteiger partial charge in [0.25, 0.3) is 0 Å². The zero-order valence-electron chi connectivity index (χ0n) is 10.1. The minimum absolute atomic E-state index is 0.224. The van der Waals surface area contributed by atoms with E-state index in [9.17, 15) is 4.79 Å². The van der Waals surface area contributed by atoms with Crippen LogP contribution in [0.1, 0.15) is 37.7 Å². The number of amides is 1. The van der Waals surface area contributed by atoms with Crippen LogP contribution < -0.4 is 5.32 Å². The number of carbonyl (C=O) groups is 1. The summed E-state index contributed by atoms with van der Waals surface area (Å²) in [5.74, 6) is 0.470. The lowest BCUT2D eigenvalue weighted by Gasteiger charge is -2.20. The van der Waals surface area contributed by atoms with Gasteiger partial charge in [0.05, 0.1) is 0 Å². The fourth-order valence-electron chi connectivity index (χ4n) is 2.30. The molecule has 92 valence electrons. The van der Waals surface area contributed by atoms with E-state index in [-0.39, 0.29) is 11.8 Å². The molecular formula is C13H19N3O. The molecule has 1 aliphatic carbocycles. The molecule has 0 spiro atoms. The predicted molar refractivity (Wildman–Crippen MR) is 65.3 cm³/mol. The van der Waals surface area contributed by atoms with Crippen LogP contribution in [0.15, 0.2) is 18.7 Å². The number of carbonyl (C=O) groups excluding carboxylic acids is 1. The van der Waals surface area contributed by atoms with Gasteiger partial charge in [-0.05, 0) is 24.8 Å². The average Bonchev–Trinajstić information content (AvgIpc) is 2.41. The molecule has 1 amide bonds. The second-order valence-electron chi connectivity index (χ2n) is 4.62. The minimum Gasteiger partial charge on any atom is -0.356 e. The molecule has 4 heteroatoms. The fraction of sp³-hybridized carbons (Fsp3) is 0.615. The normalized spacial score (nSPS) is 16.7. The number of rotatable bonds is 4. The Labute approximate surface area is 102 Å². The molecule has 1 saturated carbocycles. The second kappa shape index (κ2) is 6.33. The zero-order chi connectivity index (χ0) is 11.9. The third kappa shape index (κ3) is 3.80. The number of nitrogens with zero attached hydrogens (tertiary/aromatic N) is 2. The summed E-state index contributed by atoms with van der Waals surface area (Å²) in [6.45, 7) is 0.683. The van der Waals surface area contributed by atoms with Gasteiger partial charge >= 0.3 is 0 Å². The van der Waals surface area contributed by atoms with Gasteiger partial charge in [-0.25, -0.2) is 9.97 Å². The highest BCUT2D eigenvalue weighted by molar-refractivity contribution is 5.78. The highest BCUT2D eigenvalue weighted by atomic mass is 16.1. The van der Waals surface area contributed by atoms with Crippen LogP contribution in [0.25, 0.3) is 0 Å². The summed E-state index contributed by atoms with van der Waals surface area (Å²) in [7, 11) is 0. The quantitative estimate of drug-likeness (QED) is 0.861. The lowest BCUT2D eigenvalue weighted by molar-refractivity contribution is -0.125. The number of nitrogens with one attached hydrogen (secondary N) is 1. The monoisotopic (exact) mass is 233 g/mol. The van der Waals surface area contributed by atoms with Crippen LogP contribution in [0.3, 0.4) is 0 Å². The van der Waals surface area contributed by atoms with Gasteiger partial charge in [0, 0.05) is 24.9 Å². The zero-order valence-corrected chi connectivity index (χ0v) is 10.1. The van der Waals surface area contributed by atoms with Crippen molar-refractivity contribution in [2.24, 2.45) is 5.92 Å². The smallest absolute Gasteiger partial charge is 0.223 e. The molecule has 1 aromatic heterocycles. The molecular weight excluding hydrogens is 214 g/mol. The van der Waals surface area contributed by atoms with E-state index >= 15 is 0 Å². The Morgan fingerprint density at radius 1 is 1.24 bits per heavy atom. The van der Waals surface area contributed by atoms with E-state index in [0.29, 0.717) is 6.54 Å². The SMILES string of the molecule is O=C(NCCc1cncnc1)C1CCCCC1. The molecule has 0 saturated heterocycles. The molecule has 1 aliphatic rings. The van der Waals surface area contributed by atoms with Crippen molar-refractivity contribution in [3.05, 3.63) is 24.3 Å². The maximum atomic E-state index is 11.8. The van der Waals surface area contributed by atoms with Gasteiger partial charge in [0.15, 0.2) is 0 Å². The topological polar surface area (TPSA) is 54.9 Å². The van der Waals surface area contributed by atoms with Crippen LogP contribution in [0.4, 0.5) is 0 Å². The van der Waals surface area contributed by atoms with Crippen molar-refractivity contribution in [3.8, 4) is 0 Å². The van der Waals surface area contributed by atoms with E-state index in [0.717, 1.165) is 24.8 Å². The van der Waals surface area contributed by atoms with Gasteiger partial charge in [-0.3, -0.25) is 4.79 Å². The van der Waals surface area contributed by atoms with Crippen LogP contribution in [-0.2, 0) is 11.2 Å². The second-order valence-corrected chi connectivity index (χ2v) is 4.62. The molecule has 4 nitrogen and oxygen atoms in total. The van der Waals surface area contributed by atoms with Crippen LogP contribution in [0, 0.1) is 5.92 Å². The summed E-state index contributed by atoms with van der Waals surface area (Å²) < 4.78 is 0. The van der Waals surface area contributed by atoms with Crippen LogP contribution in [0.2, 0.25) is 0 Å². The molecule has 2 rings (SSSR count). The first-order valence-corrected chi connectivity index (χ1v) is 6.38. The molecule has 1 heterocycles. The Morgan fingerprint density at radius 2 is 1.94 bits per heavy atom. The highest BCUT2D eigenvalue weighted by Crippen LogP contribution is 2.23. The van der Waals surface area contributed by atoms with E-state index in [4.69, 9.17) is 0 Å². The van der Waals surface area contributed by atoms with E-state index < -0.39 is 0 Å². The molecule has 17 heavy (non-hydrogen) atoms. The lowest BCUT2D eigenvalue weighted by atomic mass is 9.88. The summed E-state index contributed by atoms with van der Waals surface area (Å²) in [6.07, 6.45) is 11.7. The lowest BCUT2D eigenvalue weighted by Crippen LogP contribution is -2.33. The van der Waals surface area contributed by atoms with Gasteiger partial charge in [0.2, 0.25) is 5.91 Å². The van der Waals surface area contributed by atoms with E-state index in [1.165, 1.54) is 25.6 Å². The summed E-state index contributed by atoms with van der Waals surface area (Å²) >= 11 is 0. The molecule has 0 atom stereocenters. The largest absolute Gasteiger partial charge is 0.356 e. The first-order valence-electron chi connectivity index (χ1n) is 6.38. The van der Waals surface area contributed by atoms with E-state index in [2.05, 4.69) is 15.3 Å². The third-order valence-corrected chi connectivity index (χ3v) is 3.30. The van der Waals surface area contributed by atoms with Gasteiger partial charge in [-0.1, -0.05) is 19.3 Å². The first kappa shape index (κ1) is 12.0. The Morgan fingerprint density at radius 3 is 2.65 bits per heavy atom. The van der Waals surface area contributed by atoms with Crippen molar-refractivity contribution in [1.29, 1.82) is 0 Å². The molecule has 1 N–H and O–H groups in total. The molecule has 1 aromatic rings. The van der Waals surface area contributed by atoms with Crippen molar-refractivity contribution in [2.75, 3.05) is 6.54 Å². The maximum absolute atomic E-state index is 11.8.